The highest BCUT2D eigenvalue weighted by Crippen LogP contribution is 2.33. The van der Waals surface area contributed by atoms with Crippen molar-refractivity contribution in [1.29, 1.82) is 0 Å². The van der Waals surface area contributed by atoms with Crippen LogP contribution in [0.15, 0.2) is 24.3 Å². The number of piperazine rings is 1. The minimum absolute atomic E-state index is 0.197. The molecular formula is C22H32FN3O2. The molecule has 3 fully saturated rings. The number of nitrogens with zero attached hydrogens (tertiary/aromatic N) is 3. The Kier molecular flexibility index (Phi) is 5.99. The zero-order valence-electron chi connectivity index (χ0n) is 16.7. The van der Waals surface area contributed by atoms with Gasteiger partial charge in [-0.25, -0.2) is 4.39 Å². The van der Waals surface area contributed by atoms with E-state index in [1.54, 1.807) is 12.1 Å². The molecule has 1 saturated carbocycles. The number of piperidine rings is 1. The van der Waals surface area contributed by atoms with Crippen molar-refractivity contribution in [2.75, 3.05) is 45.8 Å². The number of rotatable bonds is 4. The first kappa shape index (κ1) is 19.8. The average molecular weight is 390 g/mol. The summed E-state index contributed by atoms with van der Waals surface area (Å²) in [6.07, 6.45) is 6.38. The standard InChI is InChI=1S/C22H32FN3O2/c23-19-5-3-4-18(16-19)22(28)8-10-24(11-9-22)17-21(27)26-14-12-25(13-15-26)20-6-1-2-7-20/h3-5,16,20,28H,1-2,6-15,17H2. The molecule has 3 aliphatic rings. The molecule has 0 spiro atoms. The lowest BCUT2D eigenvalue weighted by molar-refractivity contribution is -0.135. The summed E-state index contributed by atoms with van der Waals surface area (Å²) in [7, 11) is 0. The maximum Gasteiger partial charge on any atom is 0.236 e. The maximum absolute atomic E-state index is 13.5. The number of hydrogen-bond acceptors (Lipinski definition) is 4. The first-order valence-corrected chi connectivity index (χ1v) is 10.8. The van der Waals surface area contributed by atoms with Crippen LogP contribution in [-0.2, 0) is 10.4 Å². The third-order valence-electron chi connectivity index (χ3n) is 6.91. The summed E-state index contributed by atoms with van der Waals surface area (Å²) < 4.78 is 13.5. The highest BCUT2D eigenvalue weighted by molar-refractivity contribution is 5.78. The molecule has 6 heteroatoms. The van der Waals surface area contributed by atoms with E-state index in [4.69, 9.17) is 0 Å². The summed E-state index contributed by atoms with van der Waals surface area (Å²) in [6, 6.07) is 6.98. The van der Waals surface area contributed by atoms with Gasteiger partial charge in [-0.2, -0.15) is 0 Å². The van der Waals surface area contributed by atoms with Crippen LogP contribution in [0.1, 0.15) is 44.1 Å². The molecule has 5 nitrogen and oxygen atoms in total. The summed E-state index contributed by atoms with van der Waals surface area (Å²) in [4.78, 5) is 19.4. The highest BCUT2D eigenvalue weighted by Gasteiger charge is 2.35. The van der Waals surface area contributed by atoms with E-state index in [1.807, 2.05) is 4.90 Å². The normalized spacial score (nSPS) is 24.6. The second-order valence-corrected chi connectivity index (χ2v) is 8.67. The van der Waals surface area contributed by atoms with Gasteiger partial charge in [0.2, 0.25) is 5.91 Å². The van der Waals surface area contributed by atoms with Crippen LogP contribution >= 0.6 is 0 Å². The van der Waals surface area contributed by atoms with Crippen LogP contribution in [0.4, 0.5) is 4.39 Å². The van der Waals surface area contributed by atoms with Gasteiger partial charge in [0.25, 0.3) is 0 Å². The molecule has 4 rings (SSSR count). The number of carbonyl (C=O) groups excluding carboxylic acids is 1. The molecule has 0 radical (unpaired) electrons. The molecule has 1 N–H and O–H groups in total. The Morgan fingerprint density at radius 1 is 1.07 bits per heavy atom. The van der Waals surface area contributed by atoms with E-state index in [0.717, 1.165) is 32.2 Å². The molecule has 1 aromatic carbocycles. The smallest absolute Gasteiger partial charge is 0.236 e. The molecule has 2 heterocycles. The minimum Gasteiger partial charge on any atom is -0.385 e. The molecule has 0 aromatic heterocycles. The van der Waals surface area contributed by atoms with E-state index in [2.05, 4.69) is 9.80 Å². The Morgan fingerprint density at radius 3 is 2.39 bits per heavy atom. The quantitative estimate of drug-likeness (QED) is 0.858. The van der Waals surface area contributed by atoms with Crippen molar-refractivity contribution in [3.8, 4) is 0 Å². The SMILES string of the molecule is O=C(CN1CCC(O)(c2cccc(F)c2)CC1)N1CCN(C2CCCC2)CC1. The molecule has 0 unspecified atom stereocenters. The Morgan fingerprint density at radius 2 is 1.75 bits per heavy atom. The number of hydrogen-bond donors (Lipinski definition) is 1. The lowest BCUT2D eigenvalue weighted by atomic mass is 9.84. The third-order valence-corrected chi connectivity index (χ3v) is 6.91. The second-order valence-electron chi connectivity index (χ2n) is 8.67. The molecule has 1 amide bonds. The number of carbonyl (C=O) groups is 1. The molecule has 28 heavy (non-hydrogen) atoms. The van der Waals surface area contributed by atoms with Gasteiger partial charge < -0.3 is 10.0 Å². The van der Waals surface area contributed by atoms with Crippen LogP contribution in [0.2, 0.25) is 0 Å². The van der Waals surface area contributed by atoms with Crippen molar-refractivity contribution >= 4 is 5.91 Å². The Balaban J connectivity index is 1.24. The van der Waals surface area contributed by atoms with Crippen molar-refractivity contribution < 1.29 is 14.3 Å². The van der Waals surface area contributed by atoms with Crippen molar-refractivity contribution in [1.82, 2.24) is 14.7 Å². The van der Waals surface area contributed by atoms with Crippen LogP contribution in [-0.4, -0.2) is 77.6 Å². The lowest BCUT2D eigenvalue weighted by Crippen LogP contribution is -2.54. The minimum atomic E-state index is -0.992. The monoisotopic (exact) mass is 389 g/mol. The van der Waals surface area contributed by atoms with Crippen LogP contribution in [0, 0.1) is 5.82 Å². The van der Waals surface area contributed by atoms with Gasteiger partial charge in [0, 0.05) is 45.3 Å². The summed E-state index contributed by atoms with van der Waals surface area (Å²) in [5.41, 5.74) is -0.351. The Hall–Kier alpha value is -1.50. The number of benzene rings is 1. The molecule has 0 atom stereocenters. The van der Waals surface area contributed by atoms with Crippen LogP contribution < -0.4 is 0 Å². The fourth-order valence-corrected chi connectivity index (χ4v) is 5.04. The number of likely N-dealkylation sites (tertiary alicyclic amines) is 1. The predicted molar refractivity (Wildman–Crippen MR) is 106 cm³/mol. The molecule has 0 bridgehead atoms. The maximum atomic E-state index is 13.5. The lowest BCUT2D eigenvalue weighted by Gasteiger charge is -2.41. The van der Waals surface area contributed by atoms with Crippen molar-refractivity contribution in [3.63, 3.8) is 0 Å². The van der Waals surface area contributed by atoms with Crippen LogP contribution in [0.25, 0.3) is 0 Å². The van der Waals surface area contributed by atoms with Gasteiger partial charge >= 0.3 is 0 Å². The van der Waals surface area contributed by atoms with Crippen LogP contribution in [0.5, 0.6) is 0 Å². The molecule has 1 aromatic rings. The van der Waals surface area contributed by atoms with E-state index in [-0.39, 0.29) is 11.7 Å². The highest BCUT2D eigenvalue weighted by atomic mass is 19.1. The van der Waals surface area contributed by atoms with E-state index in [9.17, 15) is 14.3 Å². The van der Waals surface area contributed by atoms with E-state index in [1.165, 1.54) is 37.8 Å². The van der Waals surface area contributed by atoms with Gasteiger partial charge in [0.1, 0.15) is 5.82 Å². The van der Waals surface area contributed by atoms with E-state index in [0.29, 0.717) is 38.0 Å². The van der Waals surface area contributed by atoms with E-state index < -0.39 is 5.60 Å². The zero-order valence-corrected chi connectivity index (χ0v) is 16.7. The number of amides is 1. The zero-order chi connectivity index (χ0) is 19.6. The first-order valence-electron chi connectivity index (χ1n) is 10.8. The van der Waals surface area contributed by atoms with Crippen molar-refractivity contribution in [2.45, 2.75) is 50.2 Å². The summed E-state index contributed by atoms with van der Waals surface area (Å²) in [6.45, 7) is 5.38. The number of aliphatic hydroxyl groups is 1. The average Bonchev–Trinajstić information content (AvgIpc) is 3.25. The van der Waals surface area contributed by atoms with Crippen molar-refractivity contribution in [3.05, 3.63) is 35.6 Å². The first-order chi connectivity index (χ1) is 13.5. The van der Waals surface area contributed by atoms with Gasteiger partial charge in [-0.3, -0.25) is 14.6 Å². The van der Waals surface area contributed by atoms with Gasteiger partial charge in [-0.1, -0.05) is 25.0 Å². The Labute approximate surface area is 167 Å². The van der Waals surface area contributed by atoms with Gasteiger partial charge in [-0.15, -0.1) is 0 Å². The molecule has 2 saturated heterocycles. The Bertz CT molecular complexity index is 676. The summed E-state index contributed by atoms with van der Waals surface area (Å²) in [5, 5.41) is 10.9. The largest absolute Gasteiger partial charge is 0.385 e. The van der Waals surface area contributed by atoms with Gasteiger partial charge in [0.15, 0.2) is 0 Å². The number of halogens is 1. The topological polar surface area (TPSA) is 47.0 Å². The molecule has 1 aliphatic carbocycles. The molecule has 2 aliphatic heterocycles. The molecule has 154 valence electrons. The predicted octanol–water partition coefficient (Wildman–Crippen LogP) is 2.20. The fraction of sp³-hybridized carbons (Fsp3) is 0.682. The van der Waals surface area contributed by atoms with E-state index >= 15 is 0 Å². The van der Waals surface area contributed by atoms with Crippen LogP contribution in [0.3, 0.4) is 0 Å². The molecular weight excluding hydrogens is 357 g/mol. The van der Waals surface area contributed by atoms with Gasteiger partial charge in [0.05, 0.1) is 12.1 Å². The fourth-order valence-electron chi connectivity index (χ4n) is 5.04. The van der Waals surface area contributed by atoms with Crippen molar-refractivity contribution in [2.24, 2.45) is 0 Å². The summed E-state index contributed by atoms with van der Waals surface area (Å²) in [5.74, 6) is -0.123. The third kappa shape index (κ3) is 4.39. The second kappa shape index (κ2) is 8.47. The van der Waals surface area contributed by atoms with Gasteiger partial charge in [-0.05, 0) is 43.4 Å². The summed E-state index contributed by atoms with van der Waals surface area (Å²) >= 11 is 0.